The molecule has 2 rings (SSSR count). The van der Waals surface area contributed by atoms with Gasteiger partial charge < -0.3 is 10.1 Å². The third-order valence-corrected chi connectivity index (χ3v) is 5.19. The van der Waals surface area contributed by atoms with Crippen LogP contribution in [0.15, 0.2) is 0 Å². The first-order chi connectivity index (χ1) is 9.63. The SMILES string of the molecule is CCNCC(CC(C)C)CC1CCC2(CCCCC2)O1. The average molecular weight is 281 g/mol. The topological polar surface area (TPSA) is 21.3 Å². The molecule has 2 nitrogen and oxygen atoms in total. The van der Waals surface area contributed by atoms with E-state index in [1.165, 1.54) is 64.3 Å². The Morgan fingerprint density at radius 3 is 2.55 bits per heavy atom. The monoisotopic (exact) mass is 281 g/mol. The van der Waals surface area contributed by atoms with Crippen molar-refractivity contribution in [1.29, 1.82) is 0 Å². The summed E-state index contributed by atoms with van der Waals surface area (Å²) in [4.78, 5) is 0. The van der Waals surface area contributed by atoms with E-state index >= 15 is 0 Å². The van der Waals surface area contributed by atoms with Gasteiger partial charge in [-0.3, -0.25) is 0 Å². The van der Waals surface area contributed by atoms with Gasteiger partial charge in [0.1, 0.15) is 0 Å². The van der Waals surface area contributed by atoms with Gasteiger partial charge in [-0.25, -0.2) is 0 Å². The molecule has 0 amide bonds. The van der Waals surface area contributed by atoms with Crippen molar-refractivity contribution in [2.75, 3.05) is 13.1 Å². The summed E-state index contributed by atoms with van der Waals surface area (Å²) < 4.78 is 6.55. The van der Waals surface area contributed by atoms with Crippen molar-refractivity contribution in [3.63, 3.8) is 0 Å². The van der Waals surface area contributed by atoms with Crippen LogP contribution in [0.4, 0.5) is 0 Å². The molecule has 0 aromatic heterocycles. The van der Waals surface area contributed by atoms with Crippen LogP contribution in [0.1, 0.15) is 78.6 Å². The lowest BCUT2D eigenvalue weighted by molar-refractivity contribution is -0.0703. The zero-order valence-electron chi connectivity index (χ0n) is 13.9. The molecule has 0 bridgehead atoms. The van der Waals surface area contributed by atoms with Crippen molar-refractivity contribution < 1.29 is 4.74 Å². The van der Waals surface area contributed by atoms with Crippen LogP contribution in [0, 0.1) is 11.8 Å². The zero-order valence-corrected chi connectivity index (χ0v) is 13.9. The maximum absolute atomic E-state index is 6.55. The minimum absolute atomic E-state index is 0.295. The van der Waals surface area contributed by atoms with Gasteiger partial charge in [-0.15, -0.1) is 0 Å². The fourth-order valence-electron chi connectivity index (χ4n) is 4.28. The molecule has 1 N–H and O–H groups in total. The van der Waals surface area contributed by atoms with Crippen LogP contribution in [0.2, 0.25) is 0 Å². The highest BCUT2D eigenvalue weighted by atomic mass is 16.5. The van der Waals surface area contributed by atoms with Gasteiger partial charge in [0.25, 0.3) is 0 Å². The second-order valence-electron chi connectivity index (χ2n) is 7.56. The Morgan fingerprint density at radius 1 is 1.15 bits per heavy atom. The molecule has 0 radical (unpaired) electrons. The Labute approximate surface area is 126 Å². The minimum atomic E-state index is 0.295. The lowest BCUT2D eigenvalue weighted by Gasteiger charge is -2.34. The molecule has 118 valence electrons. The Bertz CT molecular complexity index is 271. The number of hydrogen-bond donors (Lipinski definition) is 1. The van der Waals surface area contributed by atoms with Crippen molar-refractivity contribution in [2.24, 2.45) is 11.8 Å². The summed E-state index contributed by atoms with van der Waals surface area (Å²) in [6, 6.07) is 0. The summed E-state index contributed by atoms with van der Waals surface area (Å²) in [6.45, 7) is 9.15. The third kappa shape index (κ3) is 4.73. The van der Waals surface area contributed by atoms with Gasteiger partial charge in [0.2, 0.25) is 0 Å². The van der Waals surface area contributed by atoms with E-state index in [-0.39, 0.29) is 0 Å². The molecule has 20 heavy (non-hydrogen) atoms. The van der Waals surface area contributed by atoms with E-state index in [1.807, 2.05) is 0 Å². The van der Waals surface area contributed by atoms with Gasteiger partial charge in [0.05, 0.1) is 11.7 Å². The molecule has 0 aromatic rings. The predicted molar refractivity (Wildman–Crippen MR) is 86.0 cm³/mol. The van der Waals surface area contributed by atoms with E-state index in [0.717, 1.165) is 18.4 Å². The smallest absolute Gasteiger partial charge is 0.0687 e. The maximum atomic E-state index is 6.55. The fraction of sp³-hybridized carbons (Fsp3) is 1.00. The molecule has 2 unspecified atom stereocenters. The summed E-state index contributed by atoms with van der Waals surface area (Å²) >= 11 is 0. The zero-order chi connectivity index (χ0) is 14.4. The molecule has 1 spiro atoms. The quantitative estimate of drug-likeness (QED) is 0.740. The Hall–Kier alpha value is -0.0800. The molecule has 1 saturated heterocycles. The van der Waals surface area contributed by atoms with Crippen LogP contribution in [-0.2, 0) is 4.74 Å². The first-order valence-electron chi connectivity index (χ1n) is 9.02. The second kappa shape index (κ2) is 7.79. The van der Waals surface area contributed by atoms with E-state index in [4.69, 9.17) is 4.74 Å². The Balaban J connectivity index is 1.81. The molecule has 1 heterocycles. The van der Waals surface area contributed by atoms with E-state index in [0.29, 0.717) is 11.7 Å². The van der Waals surface area contributed by atoms with Crippen LogP contribution in [0.3, 0.4) is 0 Å². The Morgan fingerprint density at radius 2 is 1.90 bits per heavy atom. The van der Waals surface area contributed by atoms with E-state index < -0.39 is 0 Å². The molecular weight excluding hydrogens is 246 g/mol. The van der Waals surface area contributed by atoms with Crippen molar-refractivity contribution in [3.8, 4) is 0 Å². The average Bonchev–Trinajstić information content (AvgIpc) is 2.79. The molecular formula is C18H35NO. The number of hydrogen-bond acceptors (Lipinski definition) is 2. The van der Waals surface area contributed by atoms with Crippen LogP contribution in [0.5, 0.6) is 0 Å². The molecule has 2 atom stereocenters. The molecule has 1 aliphatic heterocycles. The van der Waals surface area contributed by atoms with Gasteiger partial charge in [0, 0.05) is 0 Å². The van der Waals surface area contributed by atoms with E-state index in [9.17, 15) is 0 Å². The lowest BCUT2D eigenvalue weighted by Crippen LogP contribution is -2.33. The molecule has 2 aliphatic rings. The van der Waals surface area contributed by atoms with Crippen molar-refractivity contribution >= 4 is 0 Å². The highest BCUT2D eigenvalue weighted by molar-refractivity contribution is 4.91. The van der Waals surface area contributed by atoms with Gasteiger partial charge in [-0.1, -0.05) is 40.0 Å². The largest absolute Gasteiger partial charge is 0.372 e. The summed E-state index contributed by atoms with van der Waals surface area (Å²) in [6.07, 6.45) is 12.6. The Kier molecular flexibility index (Phi) is 6.35. The molecule has 1 saturated carbocycles. The van der Waals surface area contributed by atoms with Gasteiger partial charge in [0.15, 0.2) is 0 Å². The first kappa shape index (κ1) is 16.3. The standard InChI is InChI=1S/C18H35NO/c1-4-19-14-16(12-15(2)3)13-17-8-11-18(20-17)9-6-5-7-10-18/h15-17,19H,4-14H2,1-3H3. The lowest BCUT2D eigenvalue weighted by atomic mass is 9.83. The van der Waals surface area contributed by atoms with Crippen molar-refractivity contribution in [2.45, 2.75) is 90.3 Å². The highest BCUT2D eigenvalue weighted by Gasteiger charge is 2.41. The minimum Gasteiger partial charge on any atom is -0.372 e. The summed E-state index contributed by atoms with van der Waals surface area (Å²) in [5.41, 5.74) is 0.295. The summed E-state index contributed by atoms with van der Waals surface area (Å²) in [7, 11) is 0. The molecule has 2 heteroatoms. The highest BCUT2D eigenvalue weighted by Crippen LogP contribution is 2.43. The normalized spacial score (nSPS) is 27.3. The number of nitrogens with one attached hydrogen (secondary N) is 1. The maximum Gasteiger partial charge on any atom is 0.0687 e. The molecule has 1 aliphatic carbocycles. The number of rotatable bonds is 7. The van der Waals surface area contributed by atoms with Gasteiger partial charge in [-0.2, -0.15) is 0 Å². The number of ether oxygens (including phenoxy) is 1. The molecule has 2 fully saturated rings. The van der Waals surface area contributed by atoms with Gasteiger partial charge >= 0.3 is 0 Å². The van der Waals surface area contributed by atoms with Crippen molar-refractivity contribution in [3.05, 3.63) is 0 Å². The summed E-state index contributed by atoms with van der Waals surface area (Å²) in [5, 5.41) is 3.54. The molecule has 0 aromatic carbocycles. The van der Waals surface area contributed by atoms with Gasteiger partial charge in [-0.05, 0) is 63.5 Å². The van der Waals surface area contributed by atoms with Crippen LogP contribution >= 0.6 is 0 Å². The van der Waals surface area contributed by atoms with Crippen molar-refractivity contribution in [1.82, 2.24) is 5.32 Å². The fourth-order valence-corrected chi connectivity index (χ4v) is 4.28. The predicted octanol–water partition coefficient (Wildman–Crippen LogP) is 4.53. The second-order valence-corrected chi connectivity index (χ2v) is 7.56. The summed E-state index contributed by atoms with van der Waals surface area (Å²) in [5.74, 6) is 1.59. The van der Waals surface area contributed by atoms with Crippen LogP contribution in [0.25, 0.3) is 0 Å². The third-order valence-electron chi connectivity index (χ3n) is 5.19. The van der Waals surface area contributed by atoms with Crippen LogP contribution in [-0.4, -0.2) is 24.8 Å². The first-order valence-corrected chi connectivity index (χ1v) is 9.02. The van der Waals surface area contributed by atoms with E-state index in [1.54, 1.807) is 0 Å². The van der Waals surface area contributed by atoms with Crippen LogP contribution < -0.4 is 5.32 Å². The van der Waals surface area contributed by atoms with E-state index in [2.05, 4.69) is 26.1 Å².